The Morgan fingerprint density at radius 1 is 0.778 bits per heavy atom. The number of benzene rings is 3. The summed E-state index contributed by atoms with van der Waals surface area (Å²) < 4.78 is 39.9. The highest BCUT2D eigenvalue weighted by Gasteiger charge is 2.18. The van der Waals surface area contributed by atoms with Gasteiger partial charge in [-0.25, -0.2) is 13.2 Å². The lowest BCUT2D eigenvalue weighted by Crippen LogP contribution is -2.15. The lowest BCUT2D eigenvalue weighted by Gasteiger charge is -2.09. The molecule has 0 aliphatic heterocycles. The van der Waals surface area contributed by atoms with Gasteiger partial charge < -0.3 is 10.6 Å². The summed E-state index contributed by atoms with van der Waals surface area (Å²) in [6.07, 6.45) is 0. The summed E-state index contributed by atoms with van der Waals surface area (Å²) in [6.45, 7) is 0. The number of carbonyl (C=O) groups excluding carboxylic acids is 1. The molecule has 3 aromatic rings. The Balaban J connectivity index is 1.69. The van der Waals surface area contributed by atoms with Crippen molar-refractivity contribution >= 4 is 23.0 Å². The van der Waals surface area contributed by atoms with E-state index in [4.69, 9.17) is 5.26 Å². The maximum absolute atomic E-state index is 13.7. The van der Waals surface area contributed by atoms with Gasteiger partial charge in [0.15, 0.2) is 17.5 Å². The summed E-state index contributed by atoms with van der Waals surface area (Å²) in [6, 6.07) is 16.9. The first-order valence-corrected chi connectivity index (χ1v) is 7.80. The molecular weight excluding hydrogens is 355 g/mol. The second-order valence-electron chi connectivity index (χ2n) is 5.57. The minimum Gasteiger partial charge on any atom is -0.356 e. The average Bonchev–Trinajstić information content (AvgIpc) is 2.68. The predicted octanol–water partition coefficient (Wildman–Crippen LogP) is 4.97. The number of nitriles is 1. The third-order valence-electron chi connectivity index (χ3n) is 3.73. The van der Waals surface area contributed by atoms with Crippen molar-refractivity contribution < 1.29 is 18.0 Å². The molecule has 7 heteroatoms. The van der Waals surface area contributed by atoms with Crippen LogP contribution in [0.1, 0.15) is 15.9 Å². The molecule has 0 spiro atoms. The van der Waals surface area contributed by atoms with E-state index in [1.165, 1.54) is 0 Å². The molecule has 1 amide bonds. The number of halogens is 3. The van der Waals surface area contributed by atoms with E-state index in [2.05, 4.69) is 10.6 Å². The number of rotatable bonds is 4. The highest BCUT2D eigenvalue weighted by Crippen LogP contribution is 2.21. The van der Waals surface area contributed by atoms with Crippen molar-refractivity contribution in [3.63, 3.8) is 0 Å². The Bertz CT molecular complexity index is 1030. The number of nitrogens with zero attached hydrogens (tertiary/aromatic N) is 1. The molecule has 0 unspecified atom stereocenters. The molecule has 0 aliphatic carbocycles. The van der Waals surface area contributed by atoms with Gasteiger partial charge in [0.25, 0.3) is 5.91 Å². The molecule has 0 aliphatic rings. The molecule has 0 aromatic heterocycles. The topological polar surface area (TPSA) is 64.9 Å². The van der Waals surface area contributed by atoms with Crippen LogP contribution in [0, 0.1) is 28.8 Å². The van der Waals surface area contributed by atoms with E-state index in [0.717, 1.165) is 17.4 Å². The van der Waals surface area contributed by atoms with E-state index in [1.807, 2.05) is 6.07 Å². The van der Waals surface area contributed by atoms with Gasteiger partial charge in [0.05, 0.1) is 17.2 Å². The fourth-order valence-corrected chi connectivity index (χ4v) is 2.33. The first-order valence-electron chi connectivity index (χ1n) is 7.80. The zero-order valence-corrected chi connectivity index (χ0v) is 13.8. The third-order valence-corrected chi connectivity index (χ3v) is 3.73. The average molecular weight is 367 g/mol. The van der Waals surface area contributed by atoms with Crippen molar-refractivity contribution in [1.82, 2.24) is 0 Å². The van der Waals surface area contributed by atoms with Crippen LogP contribution in [-0.2, 0) is 0 Å². The molecule has 4 nitrogen and oxygen atoms in total. The number of amides is 1. The highest BCUT2D eigenvalue weighted by molar-refractivity contribution is 6.04. The maximum Gasteiger partial charge on any atom is 0.258 e. The standard InChI is InChI=1S/C20H12F3N3O/c21-17-10-9-16(18(22)19(17)23)20(27)26-15-7-5-14(6-8-15)25-13-3-1-12(11-24)2-4-13/h1-10,25H,(H,26,27). The summed E-state index contributed by atoms with van der Waals surface area (Å²) in [4.78, 5) is 12.1. The Hall–Kier alpha value is -3.79. The van der Waals surface area contributed by atoms with Crippen molar-refractivity contribution in [3.8, 4) is 6.07 Å². The van der Waals surface area contributed by atoms with Crippen LogP contribution >= 0.6 is 0 Å². The SMILES string of the molecule is N#Cc1ccc(Nc2ccc(NC(=O)c3ccc(F)c(F)c3F)cc2)cc1. The Labute approximate surface area is 152 Å². The molecule has 0 heterocycles. The van der Waals surface area contributed by atoms with Gasteiger partial charge in [0, 0.05) is 17.1 Å². The maximum atomic E-state index is 13.7. The van der Waals surface area contributed by atoms with Gasteiger partial charge in [0.1, 0.15) is 0 Å². The quantitative estimate of drug-likeness (QED) is 0.640. The van der Waals surface area contributed by atoms with Crippen LogP contribution in [-0.4, -0.2) is 5.91 Å². The molecule has 0 bridgehead atoms. The van der Waals surface area contributed by atoms with Crippen molar-refractivity contribution in [2.75, 3.05) is 10.6 Å². The summed E-state index contributed by atoms with van der Waals surface area (Å²) in [5.74, 6) is -5.47. The smallest absolute Gasteiger partial charge is 0.258 e. The summed E-state index contributed by atoms with van der Waals surface area (Å²) >= 11 is 0. The Morgan fingerprint density at radius 3 is 1.93 bits per heavy atom. The fourth-order valence-electron chi connectivity index (χ4n) is 2.33. The van der Waals surface area contributed by atoms with Crippen LogP contribution in [0.2, 0.25) is 0 Å². The first-order chi connectivity index (χ1) is 13.0. The van der Waals surface area contributed by atoms with Crippen LogP contribution in [0.25, 0.3) is 0 Å². The van der Waals surface area contributed by atoms with E-state index in [1.54, 1.807) is 48.5 Å². The number of carbonyl (C=O) groups is 1. The zero-order valence-electron chi connectivity index (χ0n) is 13.8. The number of hydrogen-bond acceptors (Lipinski definition) is 3. The van der Waals surface area contributed by atoms with Crippen LogP contribution in [0.4, 0.5) is 30.2 Å². The van der Waals surface area contributed by atoms with Crippen molar-refractivity contribution in [2.45, 2.75) is 0 Å². The van der Waals surface area contributed by atoms with E-state index >= 15 is 0 Å². The Morgan fingerprint density at radius 2 is 1.33 bits per heavy atom. The van der Waals surface area contributed by atoms with Gasteiger partial charge in [-0.1, -0.05) is 0 Å². The minimum absolute atomic E-state index is 0.356. The zero-order chi connectivity index (χ0) is 19.4. The van der Waals surface area contributed by atoms with Crippen molar-refractivity contribution in [2.24, 2.45) is 0 Å². The minimum atomic E-state index is -1.69. The van der Waals surface area contributed by atoms with Crippen molar-refractivity contribution in [3.05, 3.63) is 89.2 Å². The molecule has 3 rings (SSSR count). The second-order valence-corrected chi connectivity index (χ2v) is 5.57. The van der Waals surface area contributed by atoms with Crippen LogP contribution in [0.3, 0.4) is 0 Å². The normalized spacial score (nSPS) is 10.1. The lowest BCUT2D eigenvalue weighted by atomic mass is 10.1. The van der Waals surface area contributed by atoms with E-state index in [0.29, 0.717) is 17.3 Å². The summed E-state index contributed by atoms with van der Waals surface area (Å²) in [7, 11) is 0. The molecule has 27 heavy (non-hydrogen) atoms. The van der Waals surface area contributed by atoms with Crippen LogP contribution in [0.5, 0.6) is 0 Å². The van der Waals surface area contributed by atoms with Gasteiger partial charge in [-0.05, 0) is 60.7 Å². The largest absolute Gasteiger partial charge is 0.356 e. The molecule has 0 saturated carbocycles. The second kappa shape index (κ2) is 7.62. The molecule has 0 atom stereocenters. The molecule has 0 fully saturated rings. The van der Waals surface area contributed by atoms with Crippen molar-refractivity contribution in [1.29, 1.82) is 5.26 Å². The van der Waals surface area contributed by atoms with E-state index in [9.17, 15) is 18.0 Å². The van der Waals surface area contributed by atoms with E-state index < -0.39 is 28.9 Å². The fraction of sp³-hybridized carbons (Fsp3) is 0. The molecule has 0 saturated heterocycles. The number of nitrogens with one attached hydrogen (secondary N) is 2. The highest BCUT2D eigenvalue weighted by atomic mass is 19.2. The Kier molecular flexibility index (Phi) is 5.08. The molecule has 3 aromatic carbocycles. The van der Waals surface area contributed by atoms with Gasteiger partial charge in [0.2, 0.25) is 0 Å². The van der Waals surface area contributed by atoms with Crippen LogP contribution < -0.4 is 10.6 Å². The van der Waals surface area contributed by atoms with Gasteiger partial charge in [-0.15, -0.1) is 0 Å². The number of anilines is 3. The first kappa shape index (κ1) is 18.0. The third kappa shape index (κ3) is 4.07. The van der Waals surface area contributed by atoms with Gasteiger partial charge in [-0.3, -0.25) is 4.79 Å². The monoisotopic (exact) mass is 367 g/mol. The van der Waals surface area contributed by atoms with Gasteiger partial charge >= 0.3 is 0 Å². The van der Waals surface area contributed by atoms with Gasteiger partial charge in [-0.2, -0.15) is 5.26 Å². The lowest BCUT2D eigenvalue weighted by molar-refractivity contribution is 0.102. The number of hydrogen-bond donors (Lipinski definition) is 2. The summed E-state index contributed by atoms with van der Waals surface area (Å²) in [5.41, 5.74) is 1.80. The van der Waals surface area contributed by atoms with E-state index in [-0.39, 0.29) is 0 Å². The predicted molar refractivity (Wildman–Crippen MR) is 95.2 cm³/mol. The molecule has 0 radical (unpaired) electrons. The van der Waals surface area contributed by atoms with Crippen LogP contribution in [0.15, 0.2) is 60.7 Å². The summed E-state index contributed by atoms with van der Waals surface area (Å²) in [5, 5.41) is 14.3. The molecule has 134 valence electrons. The molecule has 2 N–H and O–H groups in total. The molecular formula is C20H12F3N3O.